The minimum absolute atomic E-state index is 0.0145. The van der Waals surface area contributed by atoms with Gasteiger partial charge in [-0.1, -0.05) is 13.3 Å². The average Bonchev–Trinajstić information content (AvgIpc) is 2.81. The maximum atomic E-state index is 13.1. The van der Waals surface area contributed by atoms with E-state index in [-0.39, 0.29) is 25.0 Å². The van der Waals surface area contributed by atoms with Gasteiger partial charge in [0.2, 0.25) is 0 Å². The van der Waals surface area contributed by atoms with Gasteiger partial charge in [0.25, 0.3) is 0 Å². The maximum Gasteiger partial charge on any atom is 0.394 e. The second-order valence-electron chi connectivity index (χ2n) is 7.61. The number of carbonyl (C=O) groups is 1. The molecule has 2 heterocycles. The number of rotatable bonds is 4. The lowest BCUT2D eigenvalue weighted by atomic mass is 9.88. The Hall–Kier alpha value is -0.980. The molecule has 1 atom stereocenters. The van der Waals surface area contributed by atoms with E-state index in [1.54, 1.807) is 0 Å². The Morgan fingerprint density at radius 2 is 1.79 bits per heavy atom. The Labute approximate surface area is 142 Å². The van der Waals surface area contributed by atoms with Crippen LogP contribution in [0.4, 0.5) is 18.0 Å². The van der Waals surface area contributed by atoms with E-state index < -0.39 is 17.6 Å². The number of amides is 2. The Balaban J connectivity index is 1.85. The molecule has 0 aliphatic carbocycles. The summed E-state index contributed by atoms with van der Waals surface area (Å²) in [5.41, 5.74) is -1.19. The fourth-order valence-electron chi connectivity index (χ4n) is 3.95. The molecule has 0 radical (unpaired) electrons. The monoisotopic (exact) mass is 349 g/mol. The average molecular weight is 349 g/mol. The standard InChI is InChI=1S/C17H30F3N3O/c1-4-5-9-22-10-6-13(7-11-22)21-15(24)23-12-8-14(16(23,2)3)17(18,19)20/h13-14H,4-12H2,1-3H3,(H,21,24)/t14-/m0/s1. The van der Waals surface area contributed by atoms with Crippen LogP contribution in [-0.4, -0.2) is 59.8 Å². The van der Waals surface area contributed by atoms with Crippen LogP contribution in [0.1, 0.15) is 52.9 Å². The Bertz CT molecular complexity index is 431. The summed E-state index contributed by atoms with van der Waals surface area (Å²) in [6.07, 6.45) is -0.194. The molecule has 2 rings (SSSR count). The van der Waals surface area contributed by atoms with Gasteiger partial charge in [-0.25, -0.2) is 4.79 Å². The number of likely N-dealkylation sites (tertiary alicyclic amines) is 2. The molecular weight excluding hydrogens is 319 g/mol. The smallest absolute Gasteiger partial charge is 0.335 e. The molecule has 2 saturated heterocycles. The highest BCUT2D eigenvalue weighted by molar-refractivity contribution is 5.76. The van der Waals surface area contributed by atoms with Gasteiger partial charge in [-0.3, -0.25) is 0 Å². The summed E-state index contributed by atoms with van der Waals surface area (Å²) in [7, 11) is 0. The minimum atomic E-state index is -4.26. The molecule has 0 aromatic rings. The molecule has 24 heavy (non-hydrogen) atoms. The van der Waals surface area contributed by atoms with E-state index in [2.05, 4.69) is 17.1 Å². The van der Waals surface area contributed by atoms with E-state index in [4.69, 9.17) is 0 Å². The molecule has 0 saturated carbocycles. The normalized spacial score (nSPS) is 25.9. The van der Waals surface area contributed by atoms with Crippen molar-refractivity contribution >= 4 is 6.03 Å². The van der Waals surface area contributed by atoms with Crippen LogP contribution >= 0.6 is 0 Å². The number of halogens is 3. The quantitative estimate of drug-likeness (QED) is 0.841. The summed E-state index contributed by atoms with van der Waals surface area (Å²) in [4.78, 5) is 16.3. The molecule has 2 aliphatic heterocycles. The molecule has 2 amide bonds. The fourth-order valence-corrected chi connectivity index (χ4v) is 3.95. The SMILES string of the molecule is CCCCN1CCC(NC(=O)N2CC[C@H](C(F)(F)F)C2(C)C)CC1. The molecular formula is C17H30F3N3O. The van der Waals surface area contributed by atoms with E-state index in [0.717, 1.165) is 32.5 Å². The van der Waals surface area contributed by atoms with Crippen LogP contribution in [0.5, 0.6) is 0 Å². The number of alkyl halides is 3. The number of hydrogen-bond donors (Lipinski definition) is 1. The first-order valence-corrected chi connectivity index (χ1v) is 9.03. The number of carbonyl (C=O) groups excluding carboxylic acids is 1. The first kappa shape index (κ1) is 19.3. The van der Waals surface area contributed by atoms with E-state index in [1.807, 2.05) is 0 Å². The van der Waals surface area contributed by atoms with Gasteiger partial charge in [-0.2, -0.15) is 13.2 Å². The molecule has 0 spiro atoms. The molecule has 0 aromatic carbocycles. The van der Waals surface area contributed by atoms with Gasteiger partial charge in [-0.15, -0.1) is 0 Å². The third kappa shape index (κ3) is 4.35. The van der Waals surface area contributed by atoms with Gasteiger partial charge < -0.3 is 15.1 Å². The van der Waals surface area contributed by atoms with E-state index in [1.165, 1.54) is 31.6 Å². The molecule has 0 unspecified atom stereocenters. The highest BCUT2D eigenvalue weighted by atomic mass is 19.4. The van der Waals surface area contributed by atoms with Crippen molar-refractivity contribution in [1.29, 1.82) is 0 Å². The molecule has 0 bridgehead atoms. The summed E-state index contributed by atoms with van der Waals surface area (Å²) in [5.74, 6) is -1.45. The van der Waals surface area contributed by atoms with Gasteiger partial charge in [-0.05, 0) is 46.1 Å². The molecule has 1 N–H and O–H groups in total. The predicted molar refractivity (Wildman–Crippen MR) is 87.8 cm³/mol. The fraction of sp³-hybridized carbons (Fsp3) is 0.941. The zero-order chi connectivity index (χ0) is 18.0. The van der Waals surface area contributed by atoms with Crippen molar-refractivity contribution < 1.29 is 18.0 Å². The molecule has 2 aliphatic rings. The van der Waals surface area contributed by atoms with Crippen molar-refractivity contribution in [3.05, 3.63) is 0 Å². The molecule has 7 heteroatoms. The summed E-state index contributed by atoms with van der Waals surface area (Å²) >= 11 is 0. The summed E-state index contributed by atoms with van der Waals surface area (Å²) in [6.45, 7) is 8.34. The second-order valence-corrected chi connectivity index (χ2v) is 7.61. The van der Waals surface area contributed by atoms with Crippen LogP contribution in [0.15, 0.2) is 0 Å². The second kappa shape index (κ2) is 7.50. The third-order valence-electron chi connectivity index (χ3n) is 5.57. The molecule has 140 valence electrons. The number of unbranched alkanes of at least 4 members (excludes halogenated alkanes) is 1. The van der Waals surface area contributed by atoms with Gasteiger partial charge in [0.15, 0.2) is 0 Å². The lowest BCUT2D eigenvalue weighted by molar-refractivity contribution is -0.189. The molecule has 0 aromatic heterocycles. The van der Waals surface area contributed by atoms with Crippen molar-refractivity contribution in [2.45, 2.75) is 70.6 Å². The predicted octanol–water partition coefficient (Wildman–Crippen LogP) is 3.62. The third-order valence-corrected chi connectivity index (χ3v) is 5.57. The number of hydrogen-bond acceptors (Lipinski definition) is 2. The zero-order valence-electron chi connectivity index (χ0n) is 15.0. The van der Waals surface area contributed by atoms with Gasteiger partial charge in [0, 0.05) is 25.7 Å². The lowest BCUT2D eigenvalue weighted by Gasteiger charge is -2.38. The Morgan fingerprint density at radius 3 is 2.29 bits per heavy atom. The van der Waals surface area contributed by atoms with Crippen molar-refractivity contribution in [3.8, 4) is 0 Å². The van der Waals surface area contributed by atoms with Gasteiger partial charge >= 0.3 is 12.2 Å². The number of urea groups is 1. The molecule has 4 nitrogen and oxygen atoms in total. The number of piperidine rings is 1. The highest BCUT2D eigenvalue weighted by Gasteiger charge is 2.56. The van der Waals surface area contributed by atoms with E-state index >= 15 is 0 Å². The Kier molecular flexibility index (Phi) is 6.04. The minimum Gasteiger partial charge on any atom is -0.335 e. The van der Waals surface area contributed by atoms with Crippen LogP contribution in [-0.2, 0) is 0 Å². The van der Waals surface area contributed by atoms with Crippen LogP contribution in [0, 0.1) is 5.92 Å². The largest absolute Gasteiger partial charge is 0.394 e. The summed E-state index contributed by atoms with van der Waals surface area (Å²) < 4.78 is 39.4. The Morgan fingerprint density at radius 1 is 1.17 bits per heavy atom. The first-order chi connectivity index (χ1) is 11.2. The topological polar surface area (TPSA) is 35.6 Å². The summed E-state index contributed by atoms with van der Waals surface area (Å²) in [5, 5.41) is 2.96. The lowest BCUT2D eigenvalue weighted by Crippen LogP contribution is -2.55. The zero-order valence-corrected chi connectivity index (χ0v) is 15.0. The molecule has 2 fully saturated rings. The maximum absolute atomic E-state index is 13.1. The summed E-state index contributed by atoms with van der Waals surface area (Å²) in [6, 6.07) is -0.283. The van der Waals surface area contributed by atoms with Crippen LogP contribution in [0.25, 0.3) is 0 Å². The first-order valence-electron chi connectivity index (χ1n) is 9.03. The van der Waals surface area contributed by atoms with Crippen LogP contribution in [0.3, 0.4) is 0 Å². The number of nitrogens with one attached hydrogen (secondary N) is 1. The van der Waals surface area contributed by atoms with Crippen LogP contribution in [0.2, 0.25) is 0 Å². The van der Waals surface area contributed by atoms with Crippen molar-refractivity contribution in [2.75, 3.05) is 26.2 Å². The van der Waals surface area contributed by atoms with E-state index in [9.17, 15) is 18.0 Å². The van der Waals surface area contributed by atoms with E-state index in [0.29, 0.717) is 0 Å². The van der Waals surface area contributed by atoms with Crippen LogP contribution < -0.4 is 5.32 Å². The van der Waals surface area contributed by atoms with Gasteiger partial charge in [0.05, 0.1) is 11.5 Å². The van der Waals surface area contributed by atoms with Crippen molar-refractivity contribution in [3.63, 3.8) is 0 Å². The van der Waals surface area contributed by atoms with Crippen molar-refractivity contribution in [1.82, 2.24) is 15.1 Å². The van der Waals surface area contributed by atoms with Crippen molar-refractivity contribution in [2.24, 2.45) is 5.92 Å². The number of nitrogens with zero attached hydrogens (tertiary/aromatic N) is 2. The highest BCUT2D eigenvalue weighted by Crippen LogP contribution is 2.44. The van der Waals surface area contributed by atoms with Gasteiger partial charge in [0.1, 0.15) is 0 Å².